The Balaban J connectivity index is 1.81. The van der Waals surface area contributed by atoms with Crippen LogP contribution in [0.1, 0.15) is 29.2 Å². The van der Waals surface area contributed by atoms with Gasteiger partial charge >= 0.3 is 0 Å². The number of benzene rings is 1. The highest BCUT2D eigenvalue weighted by Crippen LogP contribution is 2.45. The topological polar surface area (TPSA) is 87.5 Å². The zero-order valence-corrected chi connectivity index (χ0v) is 15.3. The quantitative estimate of drug-likeness (QED) is 0.567. The average molecular weight is 366 g/mol. The molecule has 0 radical (unpaired) electrons. The molecule has 27 heavy (non-hydrogen) atoms. The molecule has 2 aromatic heterocycles. The van der Waals surface area contributed by atoms with Gasteiger partial charge in [-0.1, -0.05) is 6.07 Å². The molecule has 7 heteroatoms. The van der Waals surface area contributed by atoms with Crippen LogP contribution >= 0.6 is 0 Å². The minimum absolute atomic E-state index is 0.121. The standard InChI is InChI=1S/C20H22N4O3/c1-23(2)8-4-9-24-12-22-20-18(19(24)21)17(15-5-3-10-26-15)14-7-6-13(25)11-16(14)27-20/h3,5-7,10-12,17,21,25H,4,8-9H2,1-2H3. The van der Waals surface area contributed by atoms with Crippen molar-refractivity contribution in [3.63, 3.8) is 0 Å². The van der Waals surface area contributed by atoms with Crippen LogP contribution in [-0.4, -0.2) is 40.2 Å². The second-order valence-electron chi connectivity index (χ2n) is 6.93. The van der Waals surface area contributed by atoms with Gasteiger partial charge < -0.3 is 23.7 Å². The molecule has 7 nitrogen and oxygen atoms in total. The normalized spacial score (nSPS) is 15.3. The van der Waals surface area contributed by atoms with Crippen molar-refractivity contribution >= 4 is 0 Å². The van der Waals surface area contributed by atoms with Crippen LogP contribution in [0, 0.1) is 5.41 Å². The molecule has 3 heterocycles. The lowest BCUT2D eigenvalue weighted by atomic mass is 9.87. The summed E-state index contributed by atoms with van der Waals surface area (Å²) in [6.07, 6.45) is 4.18. The first kappa shape index (κ1) is 17.4. The smallest absolute Gasteiger partial charge is 0.228 e. The lowest BCUT2D eigenvalue weighted by Gasteiger charge is -2.27. The van der Waals surface area contributed by atoms with Gasteiger partial charge in [-0.3, -0.25) is 5.41 Å². The molecule has 0 bridgehead atoms. The average Bonchev–Trinajstić information content (AvgIpc) is 3.16. The molecule has 1 atom stereocenters. The molecular weight excluding hydrogens is 344 g/mol. The van der Waals surface area contributed by atoms with E-state index in [0.29, 0.717) is 35.0 Å². The molecule has 0 amide bonds. The van der Waals surface area contributed by atoms with Gasteiger partial charge in [0, 0.05) is 18.2 Å². The Bertz CT molecular complexity index is 1010. The van der Waals surface area contributed by atoms with E-state index in [1.165, 1.54) is 0 Å². The Morgan fingerprint density at radius 1 is 1.30 bits per heavy atom. The van der Waals surface area contributed by atoms with Gasteiger partial charge in [0.25, 0.3) is 0 Å². The number of aromatic nitrogens is 2. The minimum atomic E-state index is -0.305. The molecule has 0 aliphatic carbocycles. The van der Waals surface area contributed by atoms with Crippen LogP contribution in [0.3, 0.4) is 0 Å². The molecule has 140 valence electrons. The number of fused-ring (bicyclic) bond motifs is 2. The first-order valence-corrected chi connectivity index (χ1v) is 8.87. The molecule has 1 aromatic carbocycles. The Labute approximate surface area is 157 Å². The van der Waals surface area contributed by atoms with Crippen molar-refractivity contribution in [3.8, 4) is 17.4 Å². The molecule has 3 aromatic rings. The van der Waals surface area contributed by atoms with E-state index in [4.69, 9.17) is 14.6 Å². The first-order chi connectivity index (χ1) is 13.0. The Morgan fingerprint density at radius 2 is 2.15 bits per heavy atom. The number of nitrogens with zero attached hydrogens (tertiary/aromatic N) is 3. The summed E-state index contributed by atoms with van der Waals surface area (Å²) in [5.74, 6) is 1.44. The summed E-state index contributed by atoms with van der Waals surface area (Å²) in [6.45, 7) is 1.63. The number of phenols is 1. The van der Waals surface area contributed by atoms with Crippen molar-refractivity contribution in [2.45, 2.75) is 18.9 Å². The molecule has 0 spiro atoms. The monoisotopic (exact) mass is 366 g/mol. The van der Waals surface area contributed by atoms with E-state index in [1.54, 1.807) is 24.7 Å². The molecule has 0 saturated heterocycles. The number of hydrogen-bond donors (Lipinski definition) is 2. The van der Waals surface area contributed by atoms with Crippen LogP contribution in [0.25, 0.3) is 0 Å². The second-order valence-corrected chi connectivity index (χ2v) is 6.93. The van der Waals surface area contributed by atoms with Gasteiger partial charge in [0.1, 0.15) is 29.1 Å². The fourth-order valence-electron chi connectivity index (χ4n) is 3.43. The van der Waals surface area contributed by atoms with Crippen molar-refractivity contribution in [2.24, 2.45) is 0 Å². The maximum Gasteiger partial charge on any atom is 0.228 e. The maximum atomic E-state index is 9.82. The molecule has 1 unspecified atom stereocenters. The van der Waals surface area contributed by atoms with Crippen molar-refractivity contribution < 1.29 is 14.3 Å². The van der Waals surface area contributed by atoms with Crippen LogP contribution in [0.15, 0.2) is 47.3 Å². The van der Waals surface area contributed by atoms with Crippen molar-refractivity contribution in [1.82, 2.24) is 14.5 Å². The Hall–Kier alpha value is -3.06. The molecule has 1 aliphatic rings. The highest BCUT2D eigenvalue weighted by Gasteiger charge is 2.33. The number of rotatable bonds is 5. The molecule has 1 aliphatic heterocycles. The zero-order valence-electron chi connectivity index (χ0n) is 15.3. The first-order valence-electron chi connectivity index (χ1n) is 8.87. The van der Waals surface area contributed by atoms with Crippen LogP contribution in [0.5, 0.6) is 17.4 Å². The molecule has 4 rings (SSSR count). The van der Waals surface area contributed by atoms with E-state index in [9.17, 15) is 5.11 Å². The summed E-state index contributed by atoms with van der Waals surface area (Å²) < 4.78 is 13.4. The molecular formula is C20H22N4O3. The van der Waals surface area contributed by atoms with E-state index in [1.807, 2.05) is 36.9 Å². The Morgan fingerprint density at radius 3 is 2.89 bits per heavy atom. The number of aromatic hydroxyl groups is 1. The number of aryl methyl sites for hydroxylation is 1. The SMILES string of the molecule is CN(C)CCCn1cnc2c(c1=N)C(c1ccco1)c1ccc(O)cc1O2. The van der Waals surface area contributed by atoms with E-state index in [0.717, 1.165) is 18.5 Å². The summed E-state index contributed by atoms with van der Waals surface area (Å²) >= 11 is 0. The van der Waals surface area contributed by atoms with Crippen LogP contribution in [0.4, 0.5) is 0 Å². The molecule has 0 fully saturated rings. The molecule has 2 N–H and O–H groups in total. The van der Waals surface area contributed by atoms with Gasteiger partial charge in [0.05, 0.1) is 17.7 Å². The summed E-state index contributed by atoms with van der Waals surface area (Å²) in [7, 11) is 4.06. The zero-order chi connectivity index (χ0) is 19.0. The van der Waals surface area contributed by atoms with Gasteiger partial charge in [0.15, 0.2) is 0 Å². The number of phenolic OH excluding ortho intramolecular Hbond substituents is 1. The predicted molar refractivity (Wildman–Crippen MR) is 99.1 cm³/mol. The van der Waals surface area contributed by atoms with E-state index in [-0.39, 0.29) is 11.7 Å². The minimum Gasteiger partial charge on any atom is -0.508 e. The summed E-state index contributed by atoms with van der Waals surface area (Å²) in [5, 5.41) is 18.6. The fraction of sp³-hybridized carbons (Fsp3) is 0.300. The maximum absolute atomic E-state index is 9.82. The summed E-state index contributed by atoms with van der Waals surface area (Å²) in [6, 6.07) is 8.71. The van der Waals surface area contributed by atoms with Gasteiger partial charge in [-0.2, -0.15) is 0 Å². The number of nitrogens with one attached hydrogen (secondary N) is 1. The van der Waals surface area contributed by atoms with Gasteiger partial charge in [-0.25, -0.2) is 4.98 Å². The van der Waals surface area contributed by atoms with Gasteiger partial charge in [-0.15, -0.1) is 0 Å². The van der Waals surface area contributed by atoms with Crippen LogP contribution in [0.2, 0.25) is 0 Å². The second kappa shape index (κ2) is 6.92. The van der Waals surface area contributed by atoms with E-state index < -0.39 is 0 Å². The lowest BCUT2D eigenvalue weighted by Crippen LogP contribution is -2.30. The summed E-state index contributed by atoms with van der Waals surface area (Å²) in [4.78, 5) is 6.57. The van der Waals surface area contributed by atoms with Crippen molar-refractivity contribution in [1.29, 1.82) is 5.41 Å². The van der Waals surface area contributed by atoms with Crippen molar-refractivity contribution in [2.75, 3.05) is 20.6 Å². The third-order valence-corrected chi connectivity index (χ3v) is 4.72. The number of ether oxygens (including phenoxy) is 1. The van der Waals surface area contributed by atoms with E-state index >= 15 is 0 Å². The lowest BCUT2D eigenvalue weighted by molar-refractivity contribution is 0.376. The third-order valence-electron chi connectivity index (χ3n) is 4.72. The Kier molecular flexibility index (Phi) is 4.45. The van der Waals surface area contributed by atoms with Gasteiger partial charge in [0.2, 0.25) is 5.88 Å². The van der Waals surface area contributed by atoms with Crippen LogP contribution in [-0.2, 0) is 6.54 Å². The third kappa shape index (κ3) is 3.21. The highest BCUT2D eigenvalue weighted by molar-refractivity contribution is 5.55. The van der Waals surface area contributed by atoms with E-state index in [2.05, 4.69) is 9.88 Å². The van der Waals surface area contributed by atoms with Crippen molar-refractivity contribution in [3.05, 3.63) is 65.3 Å². The molecule has 0 saturated carbocycles. The van der Waals surface area contributed by atoms with Gasteiger partial charge in [-0.05, 0) is 45.3 Å². The highest BCUT2D eigenvalue weighted by atomic mass is 16.5. The fourth-order valence-corrected chi connectivity index (χ4v) is 3.43. The summed E-state index contributed by atoms with van der Waals surface area (Å²) in [5.41, 5.74) is 1.88. The predicted octanol–water partition coefficient (Wildman–Crippen LogP) is 2.90. The number of furan rings is 1. The number of hydrogen-bond acceptors (Lipinski definition) is 6. The largest absolute Gasteiger partial charge is 0.508 e. The van der Waals surface area contributed by atoms with Crippen LogP contribution < -0.4 is 10.2 Å².